The van der Waals surface area contributed by atoms with E-state index in [1.807, 2.05) is 0 Å². The number of rotatable bonds is 0. The Morgan fingerprint density at radius 3 is 1.71 bits per heavy atom. The fraction of sp³-hybridized carbons (Fsp3) is 1.00. The molecule has 0 aromatic carbocycles. The standard InChI is InChI=1S/C8H14N6/c1-7-3-9-11-13(7)6-8(2)4-10-12-14(8)5-7/h3-6H2,1-2H3/t7-,8+. The average molecular weight is 194 g/mol. The molecule has 3 heterocycles. The van der Waals surface area contributed by atoms with Gasteiger partial charge in [-0.2, -0.15) is 10.2 Å². The fourth-order valence-corrected chi connectivity index (χ4v) is 2.25. The third-order valence-electron chi connectivity index (χ3n) is 3.39. The molecule has 0 N–H and O–H groups in total. The monoisotopic (exact) mass is 194 g/mol. The van der Waals surface area contributed by atoms with Gasteiger partial charge in [-0.15, -0.1) is 0 Å². The molecular formula is C8H14N6. The maximum absolute atomic E-state index is 4.18. The molecule has 3 aliphatic heterocycles. The van der Waals surface area contributed by atoms with Gasteiger partial charge >= 0.3 is 0 Å². The van der Waals surface area contributed by atoms with E-state index in [1.165, 1.54) is 0 Å². The second kappa shape index (κ2) is 2.24. The fourth-order valence-electron chi connectivity index (χ4n) is 2.25. The molecule has 0 saturated carbocycles. The summed E-state index contributed by atoms with van der Waals surface area (Å²) in [6.45, 7) is 7.66. The minimum Gasteiger partial charge on any atom is -0.267 e. The first-order chi connectivity index (χ1) is 6.62. The van der Waals surface area contributed by atoms with E-state index in [2.05, 4.69) is 44.5 Å². The van der Waals surface area contributed by atoms with Crippen molar-refractivity contribution in [2.75, 3.05) is 26.2 Å². The molecule has 1 saturated heterocycles. The largest absolute Gasteiger partial charge is 0.267 e. The number of fused-ring (bicyclic) bond motifs is 2. The van der Waals surface area contributed by atoms with Crippen LogP contribution in [0.5, 0.6) is 0 Å². The van der Waals surface area contributed by atoms with Crippen LogP contribution in [0.25, 0.3) is 0 Å². The van der Waals surface area contributed by atoms with Crippen molar-refractivity contribution in [1.29, 1.82) is 0 Å². The van der Waals surface area contributed by atoms with E-state index >= 15 is 0 Å². The van der Waals surface area contributed by atoms with Crippen molar-refractivity contribution in [1.82, 2.24) is 10.0 Å². The van der Waals surface area contributed by atoms with Crippen molar-refractivity contribution in [3.8, 4) is 0 Å². The third-order valence-corrected chi connectivity index (χ3v) is 3.39. The predicted molar refractivity (Wildman–Crippen MR) is 49.7 cm³/mol. The summed E-state index contributed by atoms with van der Waals surface area (Å²) in [7, 11) is 0. The summed E-state index contributed by atoms with van der Waals surface area (Å²) in [5, 5.41) is 20.8. The number of piperazine rings is 1. The third kappa shape index (κ3) is 0.856. The van der Waals surface area contributed by atoms with Crippen molar-refractivity contribution in [2.45, 2.75) is 24.9 Å². The van der Waals surface area contributed by atoms with Crippen molar-refractivity contribution in [3.63, 3.8) is 0 Å². The molecule has 0 spiro atoms. The van der Waals surface area contributed by atoms with Crippen LogP contribution in [-0.2, 0) is 0 Å². The van der Waals surface area contributed by atoms with E-state index in [0.717, 1.165) is 26.2 Å². The molecule has 6 heteroatoms. The highest BCUT2D eigenvalue weighted by molar-refractivity contribution is 5.05. The van der Waals surface area contributed by atoms with Crippen molar-refractivity contribution in [3.05, 3.63) is 0 Å². The lowest BCUT2D eigenvalue weighted by Gasteiger charge is -2.48. The van der Waals surface area contributed by atoms with Gasteiger partial charge in [0.2, 0.25) is 0 Å². The van der Waals surface area contributed by atoms with Crippen LogP contribution >= 0.6 is 0 Å². The zero-order valence-electron chi connectivity index (χ0n) is 8.51. The van der Waals surface area contributed by atoms with Crippen LogP contribution in [-0.4, -0.2) is 47.3 Å². The van der Waals surface area contributed by atoms with Gasteiger partial charge in [0.25, 0.3) is 0 Å². The highest BCUT2D eigenvalue weighted by Crippen LogP contribution is 2.37. The van der Waals surface area contributed by atoms with Gasteiger partial charge in [-0.25, -0.2) is 0 Å². The van der Waals surface area contributed by atoms with E-state index in [0.29, 0.717) is 0 Å². The van der Waals surface area contributed by atoms with Crippen molar-refractivity contribution >= 4 is 0 Å². The Bertz CT molecular complexity index is 294. The van der Waals surface area contributed by atoms with Crippen molar-refractivity contribution < 1.29 is 0 Å². The van der Waals surface area contributed by atoms with Crippen LogP contribution in [0.4, 0.5) is 0 Å². The van der Waals surface area contributed by atoms with Crippen LogP contribution in [0.2, 0.25) is 0 Å². The Morgan fingerprint density at radius 1 is 0.857 bits per heavy atom. The number of hydrogen-bond donors (Lipinski definition) is 0. The van der Waals surface area contributed by atoms with E-state index in [-0.39, 0.29) is 11.1 Å². The molecule has 14 heavy (non-hydrogen) atoms. The molecule has 1 fully saturated rings. The first-order valence-electron chi connectivity index (χ1n) is 4.93. The second-order valence-electron chi connectivity index (χ2n) is 4.89. The quantitative estimate of drug-likeness (QED) is 0.575. The maximum Gasteiger partial charge on any atom is 0.0973 e. The van der Waals surface area contributed by atoms with Gasteiger partial charge in [0.1, 0.15) is 0 Å². The highest BCUT2D eigenvalue weighted by atomic mass is 15.7. The summed E-state index contributed by atoms with van der Waals surface area (Å²) >= 11 is 0. The SMILES string of the molecule is C[C@@]12CN=NN1C[C@@]1(C)CN=NN1C2. The summed E-state index contributed by atoms with van der Waals surface area (Å²) in [6.07, 6.45) is 0. The maximum atomic E-state index is 4.18. The van der Waals surface area contributed by atoms with Crippen LogP contribution in [0.1, 0.15) is 13.8 Å². The summed E-state index contributed by atoms with van der Waals surface area (Å²) < 4.78 is 0. The van der Waals surface area contributed by atoms with Gasteiger partial charge < -0.3 is 0 Å². The summed E-state index contributed by atoms with van der Waals surface area (Å²) in [6, 6.07) is 0. The van der Waals surface area contributed by atoms with Crippen LogP contribution in [0.15, 0.2) is 20.7 Å². The first-order valence-corrected chi connectivity index (χ1v) is 4.93. The van der Waals surface area contributed by atoms with E-state index < -0.39 is 0 Å². The van der Waals surface area contributed by atoms with Gasteiger partial charge in [0, 0.05) is 0 Å². The van der Waals surface area contributed by atoms with Crippen LogP contribution in [0.3, 0.4) is 0 Å². The van der Waals surface area contributed by atoms with Gasteiger partial charge in [-0.1, -0.05) is 10.4 Å². The molecule has 0 bridgehead atoms. The molecule has 0 aromatic heterocycles. The van der Waals surface area contributed by atoms with Gasteiger partial charge in [-0.3, -0.25) is 10.0 Å². The molecular weight excluding hydrogens is 180 g/mol. The first kappa shape index (κ1) is 8.14. The molecule has 6 nitrogen and oxygen atoms in total. The normalized spacial score (nSPS) is 44.4. The molecule has 0 aliphatic carbocycles. The zero-order valence-corrected chi connectivity index (χ0v) is 8.51. The van der Waals surface area contributed by atoms with E-state index in [4.69, 9.17) is 0 Å². The van der Waals surface area contributed by atoms with E-state index in [1.54, 1.807) is 0 Å². The lowest BCUT2D eigenvalue weighted by Crippen LogP contribution is -2.65. The lowest BCUT2D eigenvalue weighted by atomic mass is 9.90. The summed E-state index contributed by atoms with van der Waals surface area (Å²) in [5.74, 6) is 0. The molecule has 2 atom stereocenters. The molecule has 0 unspecified atom stereocenters. The molecule has 0 aromatic rings. The highest BCUT2D eigenvalue weighted by Gasteiger charge is 2.51. The molecule has 0 amide bonds. The Hall–Kier alpha value is -1.20. The molecule has 3 aliphatic rings. The number of hydrogen-bond acceptors (Lipinski definition) is 6. The minimum absolute atomic E-state index is 0.0306. The average Bonchev–Trinajstić information content (AvgIpc) is 2.61. The van der Waals surface area contributed by atoms with Gasteiger partial charge in [0.15, 0.2) is 0 Å². The minimum atomic E-state index is 0.0306. The Kier molecular flexibility index (Phi) is 1.30. The predicted octanol–water partition coefficient (Wildman–Crippen LogP) is 0.883. The zero-order chi connectivity index (χ0) is 9.81. The Morgan fingerprint density at radius 2 is 1.29 bits per heavy atom. The van der Waals surface area contributed by atoms with Gasteiger partial charge in [0.05, 0.1) is 37.3 Å². The van der Waals surface area contributed by atoms with Crippen LogP contribution in [0, 0.1) is 0 Å². The molecule has 3 rings (SSSR count). The Labute approximate surface area is 82.6 Å². The van der Waals surface area contributed by atoms with E-state index in [9.17, 15) is 0 Å². The summed E-state index contributed by atoms with van der Waals surface area (Å²) in [4.78, 5) is 0. The number of nitrogens with zero attached hydrogens (tertiary/aromatic N) is 6. The molecule has 0 radical (unpaired) electrons. The van der Waals surface area contributed by atoms with Crippen molar-refractivity contribution in [2.24, 2.45) is 20.7 Å². The van der Waals surface area contributed by atoms with Crippen LogP contribution < -0.4 is 0 Å². The molecule has 76 valence electrons. The summed E-state index contributed by atoms with van der Waals surface area (Å²) in [5.41, 5.74) is 0.0613. The smallest absolute Gasteiger partial charge is 0.0973 e. The Balaban J connectivity index is 1.93. The van der Waals surface area contributed by atoms with Gasteiger partial charge in [-0.05, 0) is 13.8 Å². The topological polar surface area (TPSA) is 55.9 Å². The second-order valence-corrected chi connectivity index (χ2v) is 4.89. The lowest BCUT2D eigenvalue weighted by molar-refractivity contribution is -0.0362.